The SMILES string of the molecule is CCCCC[S+]([O-])N[C@@H](C)[C@H](Oc1ccc2c(cnn2-c2ccc(F)cc2)c1)c1ccccc1. The van der Waals surface area contributed by atoms with E-state index in [0.717, 1.165) is 41.4 Å². The van der Waals surface area contributed by atoms with E-state index in [1.54, 1.807) is 23.0 Å². The van der Waals surface area contributed by atoms with Gasteiger partial charge in [-0.3, -0.25) is 0 Å². The fraction of sp³-hybridized carbons (Fsp3) is 0.296. The summed E-state index contributed by atoms with van der Waals surface area (Å²) in [6, 6.07) is 21.9. The van der Waals surface area contributed by atoms with Crippen LogP contribution in [0.5, 0.6) is 5.75 Å². The fourth-order valence-electron chi connectivity index (χ4n) is 3.93. The van der Waals surface area contributed by atoms with Gasteiger partial charge in [0.2, 0.25) is 0 Å². The lowest BCUT2D eigenvalue weighted by atomic mass is 10.0. The number of rotatable bonds is 11. The Bertz CT molecular complexity index is 1180. The molecule has 0 bridgehead atoms. The van der Waals surface area contributed by atoms with Crippen molar-refractivity contribution >= 4 is 22.3 Å². The molecule has 0 fully saturated rings. The Morgan fingerprint density at radius 2 is 1.82 bits per heavy atom. The van der Waals surface area contributed by atoms with Crippen LogP contribution in [-0.2, 0) is 11.4 Å². The van der Waals surface area contributed by atoms with Gasteiger partial charge in [0, 0.05) is 16.7 Å². The lowest BCUT2D eigenvalue weighted by Gasteiger charge is -2.27. The zero-order chi connectivity index (χ0) is 23.9. The van der Waals surface area contributed by atoms with E-state index in [4.69, 9.17) is 4.74 Å². The number of fused-ring (bicyclic) bond motifs is 1. The van der Waals surface area contributed by atoms with Crippen LogP contribution in [0.1, 0.15) is 44.8 Å². The highest BCUT2D eigenvalue weighted by Gasteiger charge is 2.25. The van der Waals surface area contributed by atoms with E-state index < -0.39 is 11.4 Å². The summed E-state index contributed by atoms with van der Waals surface area (Å²) in [5, 5.41) is 5.38. The number of unbranched alkanes of at least 4 members (excludes halogenated alkanes) is 2. The molecule has 1 N–H and O–H groups in total. The third-order valence-electron chi connectivity index (χ3n) is 5.71. The summed E-state index contributed by atoms with van der Waals surface area (Å²) in [5.74, 6) is 1.05. The Kier molecular flexibility index (Phi) is 8.21. The molecule has 0 aliphatic rings. The summed E-state index contributed by atoms with van der Waals surface area (Å²) in [5.41, 5.74) is 2.70. The van der Waals surface area contributed by atoms with E-state index >= 15 is 0 Å². The topological polar surface area (TPSA) is 62.1 Å². The van der Waals surface area contributed by atoms with Crippen molar-refractivity contribution in [2.24, 2.45) is 0 Å². The molecule has 3 aromatic carbocycles. The summed E-state index contributed by atoms with van der Waals surface area (Å²) < 4.78 is 37.3. The van der Waals surface area contributed by atoms with Crippen LogP contribution >= 0.6 is 0 Å². The molecule has 4 aromatic rings. The monoisotopic (exact) mass is 479 g/mol. The van der Waals surface area contributed by atoms with Gasteiger partial charge in [0.1, 0.15) is 23.4 Å². The Hall–Kier alpha value is -2.87. The van der Waals surface area contributed by atoms with Crippen molar-refractivity contribution in [3.63, 3.8) is 0 Å². The summed E-state index contributed by atoms with van der Waals surface area (Å²) in [6.45, 7) is 4.14. The zero-order valence-corrected chi connectivity index (χ0v) is 20.3. The van der Waals surface area contributed by atoms with Gasteiger partial charge in [-0.15, -0.1) is 4.72 Å². The Morgan fingerprint density at radius 3 is 2.56 bits per heavy atom. The lowest BCUT2D eigenvalue weighted by molar-refractivity contribution is 0.173. The fourth-order valence-corrected chi connectivity index (χ4v) is 5.05. The quantitative estimate of drug-likeness (QED) is 0.208. The molecule has 0 aliphatic heterocycles. The number of benzene rings is 3. The number of hydrogen-bond acceptors (Lipinski definition) is 4. The van der Waals surface area contributed by atoms with Gasteiger partial charge < -0.3 is 9.29 Å². The Balaban J connectivity index is 1.55. The highest BCUT2D eigenvalue weighted by molar-refractivity contribution is 7.89. The number of hydrogen-bond donors (Lipinski definition) is 1. The molecule has 0 saturated heterocycles. The average Bonchev–Trinajstić information content (AvgIpc) is 3.27. The minimum Gasteiger partial charge on any atom is -0.598 e. The van der Waals surface area contributed by atoms with Crippen LogP contribution in [0.25, 0.3) is 16.6 Å². The van der Waals surface area contributed by atoms with Gasteiger partial charge in [0.05, 0.1) is 23.4 Å². The predicted molar refractivity (Wildman–Crippen MR) is 136 cm³/mol. The van der Waals surface area contributed by atoms with Gasteiger partial charge in [-0.2, -0.15) is 5.10 Å². The maximum absolute atomic E-state index is 13.3. The third-order valence-corrected chi connectivity index (χ3v) is 7.00. The van der Waals surface area contributed by atoms with Crippen LogP contribution in [0.4, 0.5) is 4.39 Å². The smallest absolute Gasteiger partial charge is 0.143 e. The molecule has 0 radical (unpaired) electrons. The molecule has 3 atom stereocenters. The highest BCUT2D eigenvalue weighted by Crippen LogP contribution is 2.29. The van der Waals surface area contributed by atoms with Crippen LogP contribution in [0, 0.1) is 5.82 Å². The van der Waals surface area contributed by atoms with Crippen molar-refractivity contribution in [1.29, 1.82) is 0 Å². The first kappa shape index (κ1) is 24.3. The van der Waals surface area contributed by atoms with E-state index in [1.807, 2.05) is 55.5 Å². The molecule has 1 unspecified atom stereocenters. The minimum absolute atomic E-state index is 0.164. The number of halogens is 1. The van der Waals surface area contributed by atoms with Crippen molar-refractivity contribution in [1.82, 2.24) is 14.5 Å². The number of nitrogens with zero attached hydrogens (tertiary/aromatic N) is 2. The van der Waals surface area contributed by atoms with Crippen molar-refractivity contribution in [2.45, 2.75) is 45.3 Å². The van der Waals surface area contributed by atoms with Gasteiger partial charge in [-0.1, -0.05) is 43.7 Å². The molecule has 0 aliphatic carbocycles. The Labute approximate surface area is 203 Å². The Morgan fingerprint density at radius 1 is 1.06 bits per heavy atom. The molecule has 0 amide bonds. The molecule has 1 aromatic heterocycles. The summed E-state index contributed by atoms with van der Waals surface area (Å²) in [6.07, 6.45) is 4.57. The largest absolute Gasteiger partial charge is 0.598 e. The summed E-state index contributed by atoms with van der Waals surface area (Å²) in [7, 11) is 0. The standard InChI is InChI=1S/C27H30FN3O2S/c1-3-4-8-17-34(32)30-20(2)27(21-9-6-5-7-10-21)33-25-15-16-26-22(18-25)19-29-31(26)24-13-11-23(28)12-14-24/h5-7,9-16,18-20,27,30H,3-4,8,17H2,1-2H3/t20-,27-,34?/m0/s1. The van der Waals surface area contributed by atoms with Gasteiger partial charge in [0.15, 0.2) is 0 Å². The second kappa shape index (κ2) is 11.5. The maximum Gasteiger partial charge on any atom is 0.143 e. The second-order valence-corrected chi connectivity index (χ2v) is 9.70. The highest BCUT2D eigenvalue weighted by atomic mass is 32.2. The molecule has 7 heteroatoms. The lowest BCUT2D eigenvalue weighted by Crippen LogP contribution is -2.40. The van der Waals surface area contributed by atoms with Gasteiger partial charge in [-0.05, 0) is 67.8 Å². The van der Waals surface area contributed by atoms with Gasteiger partial charge in [0.25, 0.3) is 0 Å². The van der Waals surface area contributed by atoms with Crippen LogP contribution in [0.3, 0.4) is 0 Å². The minimum atomic E-state index is -1.12. The van der Waals surface area contributed by atoms with E-state index in [2.05, 4.69) is 16.7 Å². The van der Waals surface area contributed by atoms with Crippen LogP contribution in [0.2, 0.25) is 0 Å². The van der Waals surface area contributed by atoms with E-state index in [1.165, 1.54) is 12.1 Å². The molecule has 1 heterocycles. The molecular weight excluding hydrogens is 449 g/mol. The van der Waals surface area contributed by atoms with Gasteiger partial charge in [-0.25, -0.2) is 9.07 Å². The molecule has 178 valence electrons. The number of ether oxygens (including phenoxy) is 1. The molecule has 4 rings (SSSR count). The van der Waals surface area contributed by atoms with Crippen LogP contribution in [-0.4, -0.2) is 26.1 Å². The van der Waals surface area contributed by atoms with E-state index in [9.17, 15) is 8.94 Å². The van der Waals surface area contributed by atoms with E-state index in [0.29, 0.717) is 11.5 Å². The summed E-state index contributed by atoms with van der Waals surface area (Å²) >= 11 is -1.12. The summed E-state index contributed by atoms with van der Waals surface area (Å²) in [4.78, 5) is 0. The first-order valence-corrected chi connectivity index (χ1v) is 13.0. The molecular formula is C27H30FN3O2S. The first-order chi connectivity index (χ1) is 16.5. The molecule has 0 saturated carbocycles. The maximum atomic E-state index is 13.3. The zero-order valence-electron chi connectivity index (χ0n) is 19.5. The normalized spacial score (nSPS) is 14.1. The first-order valence-electron chi connectivity index (χ1n) is 11.6. The predicted octanol–water partition coefficient (Wildman–Crippen LogP) is 6.12. The van der Waals surface area contributed by atoms with Crippen molar-refractivity contribution in [3.05, 3.63) is 90.4 Å². The van der Waals surface area contributed by atoms with Crippen LogP contribution < -0.4 is 9.46 Å². The van der Waals surface area contributed by atoms with E-state index in [-0.39, 0.29) is 18.0 Å². The average molecular weight is 480 g/mol. The second-order valence-electron chi connectivity index (χ2n) is 8.37. The van der Waals surface area contributed by atoms with Crippen molar-refractivity contribution < 1.29 is 13.7 Å². The molecule has 5 nitrogen and oxygen atoms in total. The van der Waals surface area contributed by atoms with Crippen molar-refractivity contribution in [2.75, 3.05) is 5.75 Å². The molecule has 34 heavy (non-hydrogen) atoms. The number of aromatic nitrogens is 2. The number of nitrogens with one attached hydrogen (secondary N) is 1. The third kappa shape index (κ3) is 5.97. The van der Waals surface area contributed by atoms with Gasteiger partial charge >= 0.3 is 0 Å². The van der Waals surface area contributed by atoms with Crippen LogP contribution in [0.15, 0.2) is 79.0 Å². The van der Waals surface area contributed by atoms with Crippen molar-refractivity contribution in [3.8, 4) is 11.4 Å². The molecule has 0 spiro atoms.